The number of benzene rings is 4. The summed E-state index contributed by atoms with van der Waals surface area (Å²) in [6.45, 7) is 4.32. The number of rotatable bonds is 6. The molecule has 3 nitrogen and oxygen atoms in total. The first kappa shape index (κ1) is 21.7. The summed E-state index contributed by atoms with van der Waals surface area (Å²) in [4.78, 5) is 0. The average molecular weight is 509 g/mol. The molecule has 1 heterocycles. The van der Waals surface area contributed by atoms with E-state index >= 15 is 0 Å². The Kier molecular flexibility index (Phi) is 6.14. The third-order valence-corrected chi connectivity index (χ3v) is 8.91. The molecule has 0 amide bonds. The molecule has 0 spiro atoms. The van der Waals surface area contributed by atoms with Crippen LogP contribution in [0, 0.1) is 0 Å². The molecule has 1 aliphatic rings. The van der Waals surface area contributed by atoms with Gasteiger partial charge >= 0.3 is 197 Å². The van der Waals surface area contributed by atoms with Crippen LogP contribution in [0.2, 0.25) is 0 Å². The molecule has 4 aromatic carbocycles. The second-order valence-electron chi connectivity index (χ2n) is 8.36. The molecule has 0 fully saturated rings. The number of hydrogen-bond donors (Lipinski definition) is 0. The fourth-order valence-corrected chi connectivity index (χ4v) is 7.82. The number of unbranched alkanes of at least 4 members (excludes halogenated alkanes) is 2. The Morgan fingerprint density at radius 3 is 1.84 bits per heavy atom. The van der Waals surface area contributed by atoms with Crippen molar-refractivity contribution < 1.29 is 13.6 Å². The van der Waals surface area contributed by atoms with Crippen molar-refractivity contribution in [2.45, 2.75) is 45.6 Å². The normalized spacial score (nSPS) is 15.3. The van der Waals surface area contributed by atoms with Gasteiger partial charge in [-0.2, -0.15) is 0 Å². The van der Waals surface area contributed by atoms with Crippen molar-refractivity contribution in [3.05, 3.63) is 72.8 Å². The van der Waals surface area contributed by atoms with Crippen molar-refractivity contribution in [1.82, 2.24) is 0 Å². The van der Waals surface area contributed by atoms with E-state index < -0.39 is 6.19 Å². The minimum absolute atomic E-state index is 0.0436. The Hall–Kier alpha value is -2.09. The minimum atomic E-state index is -2.76. The summed E-state index contributed by atoms with van der Waals surface area (Å²) >= 11 is 3.18. The fraction of sp³-hybridized carbons (Fsp3) is 0.259. The van der Waals surface area contributed by atoms with Crippen LogP contribution in [0.15, 0.2) is 72.8 Å². The zero-order chi connectivity index (χ0) is 22.1. The van der Waals surface area contributed by atoms with Gasteiger partial charge in [-0.25, -0.2) is 0 Å². The maximum atomic E-state index is 6.57. The summed E-state index contributed by atoms with van der Waals surface area (Å²) in [5, 5.41) is 4.65. The van der Waals surface area contributed by atoms with Crippen LogP contribution in [0.1, 0.15) is 39.5 Å². The van der Waals surface area contributed by atoms with E-state index in [1.807, 2.05) is 0 Å². The van der Waals surface area contributed by atoms with Gasteiger partial charge in [0.15, 0.2) is 0 Å². The summed E-state index contributed by atoms with van der Waals surface area (Å²) in [5.41, 5.74) is 2.13. The number of fused-ring (bicyclic) bond motifs is 7. The third kappa shape index (κ3) is 4.14. The quantitative estimate of drug-likeness (QED) is 0.149. The first-order valence-corrected chi connectivity index (χ1v) is 15.1. The van der Waals surface area contributed by atoms with Gasteiger partial charge in [0.05, 0.1) is 0 Å². The molecule has 5 rings (SSSR count). The molecule has 164 valence electrons. The SMILES string of the molecule is CCCCCC(C)OP1(=[Se])Oc2ccc3ccccc3c2-c2c(ccc3ccccc23)O1. The third-order valence-electron chi connectivity index (χ3n) is 5.98. The molecule has 0 aromatic heterocycles. The molecule has 0 saturated carbocycles. The molecule has 0 radical (unpaired) electrons. The van der Waals surface area contributed by atoms with Crippen LogP contribution >= 0.6 is 6.19 Å². The molecule has 32 heavy (non-hydrogen) atoms. The molecule has 0 bridgehead atoms. The van der Waals surface area contributed by atoms with Crippen LogP contribution in [0.4, 0.5) is 0 Å². The summed E-state index contributed by atoms with van der Waals surface area (Å²) < 4.78 is 19.6. The molecule has 0 N–H and O–H groups in total. The Morgan fingerprint density at radius 2 is 1.31 bits per heavy atom. The van der Waals surface area contributed by atoms with E-state index in [-0.39, 0.29) is 6.10 Å². The Balaban J connectivity index is 1.69. The molecule has 1 aliphatic heterocycles. The van der Waals surface area contributed by atoms with E-state index in [0.29, 0.717) is 0 Å². The van der Waals surface area contributed by atoms with Crippen LogP contribution in [0.5, 0.6) is 11.5 Å². The van der Waals surface area contributed by atoms with Crippen molar-refractivity contribution >= 4 is 42.8 Å². The predicted molar refractivity (Wildman–Crippen MR) is 136 cm³/mol. The zero-order valence-electron chi connectivity index (χ0n) is 18.4. The second-order valence-corrected chi connectivity index (χ2v) is 12.6. The predicted octanol–water partition coefficient (Wildman–Crippen LogP) is 8.26. The van der Waals surface area contributed by atoms with Gasteiger partial charge < -0.3 is 0 Å². The molecular formula is C27H27O3PSe. The first-order valence-electron chi connectivity index (χ1n) is 11.3. The van der Waals surface area contributed by atoms with Gasteiger partial charge in [-0.1, -0.05) is 0 Å². The monoisotopic (exact) mass is 510 g/mol. The maximum absolute atomic E-state index is 6.57. The molecular weight excluding hydrogens is 482 g/mol. The topological polar surface area (TPSA) is 27.7 Å². The Morgan fingerprint density at radius 1 is 0.781 bits per heavy atom. The van der Waals surface area contributed by atoms with Crippen molar-refractivity contribution in [3.63, 3.8) is 0 Å². The van der Waals surface area contributed by atoms with E-state index in [1.165, 1.54) is 23.6 Å². The fourth-order valence-electron chi connectivity index (χ4n) is 4.43. The Bertz CT molecular complexity index is 1240. The van der Waals surface area contributed by atoms with Gasteiger partial charge in [0.2, 0.25) is 0 Å². The van der Waals surface area contributed by atoms with Crippen molar-refractivity contribution in [3.8, 4) is 22.6 Å². The van der Waals surface area contributed by atoms with E-state index in [0.717, 1.165) is 46.2 Å². The van der Waals surface area contributed by atoms with Crippen LogP contribution in [0.25, 0.3) is 32.7 Å². The second kappa shape index (κ2) is 9.04. The average Bonchev–Trinajstić information content (AvgIpc) is 2.92. The van der Waals surface area contributed by atoms with Crippen LogP contribution in [-0.4, -0.2) is 21.2 Å². The van der Waals surface area contributed by atoms with E-state index in [4.69, 9.17) is 13.6 Å². The van der Waals surface area contributed by atoms with E-state index in [9.17, 15) is 0 Å². The van der Waals surface area contributed by atoms with Gasteiger partial charge in [-0.05, 0) is 0 Å². The van der Waals surface area contributed by atoms with Crippen LogP contribution in [0.3, 0.4) is 0 Å². The number of hydrogen-bond acceptors (Lipinski definition) is 3. The van der Waals surface area contributed by atoms with Gasteiger partial charge in [0, 0.05) is 0 Å². The van der Waals surface area contributed by atoms with Crippen molar-refractivity contribution in [2.24, 2.45) is 0 Å². The summed E-state index contributed by atoms with van der Waals surface area (Å²) in [7, 11) is 0. The zero-order valence-corrected chi connectivity index (χ0v) is 21.0. The Labute approximate surface area is 197 Å². The van der Waals surface area contributed by atoms with Gasteiger partial charge in [0.25, 0.3) is 0 Å². The first-order chi connectivity index (χ1) is 15.6. The molecule has 4 aromatic rings. The van der Waals surface area contributed by atoms with Gasteiger partial charge in [-0.15, -0.1) is 0 Å². The van der Waals surface area contributed by atoms with Crippen LogP contribution < -0.4 is 9.05 Å². The van der Waals surface area contributed by atoms with Gasteiger partial charge in [-0.3, -0.25) is 0 Å². The van der Waals surface area contributed by atoms with Crippen molar-refractivity contribution in [2.75, 3.05) is 0 Å². The molecule has 0 aliphatic carbocycles. The summed E-state index contributed by atoms with van der Waals surface area (Å²) in [6, 6.07) is 25.2. The van der Waals surface area contributed by atoms with E-state index in [2.05, 4.69) is 102 Å². The van der Waals surface area contributed by atoms with Crippen molar-refractivity contribution in [1.29, 1.82) is 0 Å². The van der Waals surface area contributed by atoms with Gasteiger partial charge in [0.1, 0.15) is 0 Å². The molecule has 5 heteroatoms. The van der Waals surface area contributed by atoms with Crippen LogP contribution in [-0.2, 0) is 4.52 Å². The molecule has 1 unspecified atom stereocenters. The standard InChI is InChI=1S/C27H27O3PSe/c1-3-4-5-10-19(2)28-31(32)29-24-17-15-20-11-6-8-13-22(20)26(24)27-23-14-9-7-12-21(23)16-18-25(27)30-31/h6-9,11-19H,3-5,10H2,1-2H3. The summed E-state index contributed by atoms with van der Waals surface area (Å²) in [6.07, 6.45) is 1.81. The molecule has 0 saturated heterocycles. The van der Waals surface area contributed by atoms with E-state index in [1.54, 1.807) is 0 Å². The summed E-state index contributed by atoms with van der Waals surface area (Å²) in [5.74, 6) is 1.60. The molecule has 1 atom stereocenters.